The monoisotopic (exact) mass is 223 g/mol. The van der Waals surface area contributed by atoms with Crippen molar-refractivity contribution in [3.05, 3.63) is 22.4 Å². The molecule has 1 fully saturated rings. The first-order valence-corrected chi connectivity index (χ1v) is 6.95. The van der Waals surface area contributed by atoms with Crippen LogP contribution in [0.5, 0.6) is 0 Å². The Labute approximate surface area is 96.9 Å². The summed E-state index contributed by atoms with van der Waals surface area (Å²) in [7, 11) is 0. The molecule has 0 spiro atoms. The zero-order chi connectivity index (χ0) is 10.7. The van der Waals surface area contributed by atoms with Crippen LogP contribution < -0.4 is 5.32 Å². The third kappa shape index (κ3) is 2.82. The first-order chi connectivity index (χ1) is 7.27. The van der Waals surface area contributed by atoms with Crippen LogP contribution in [0.15, 0.2) is 17.5 Å². The summed E-state index contributed by atoms with van der Waals surface area (Å²) in [6, 6.07) is 5.63. The number of thiophene rings is 1. The summed E-state index contributed by atoms with van der Waals surface area (Å²) in [5.41, 5.74) is 0. The molecule has 84 valence electrons. The van der Waals surface area contributed by atoms with Crippen LogP contribution in [0.3, 0.4) is 0 Å². The van der Waals surface area contributed by atoms with Gasteiger partial charge in [-0.3, -0.25) is 0 Å². The fourth-order valence-electron chi connectivity index (χ4n) is 2.50. The van der Waals surface area contributed by atoms with E-state index in [0.29, 0.717) is 6.04 Å². The minimum Gasteiger partial charge on any atom is -0.306 e. The van der Waals surface area contributed by atoms with E-state index in [1.807, 2.05) is 11.3 Å². The molecule has 15 heavy (non-hydrogen) atoms. The van der Waals surface area contributed by atoms with Gasteiger partial charge in [0, 0.05) is 17.0 Å². The molecule has 0 aromatic carbocycles. The summed E-state index contributed by atoms with van der Waals surface area (Å²) < 4.78 is 0. The van der Waals surface area contributed by atoms with Gasteiger partial charge in [-0.25, -0.2) is 0 Å². The summed E-state index contributed by atoms with van der Waals surface area (Å²) >= 11 is 1.86. The minimum absolute atomic E-state index is 0.524. The molecule has 1 aromatic heterocycles. The highest BCUT2D eigenvalue weighted by atomic mass is 32.1. The van der Waals surface area contributed by atoms with Crippen LogP contribution in [-0.2, 0) is 0 Å². The van der Waals surface area contributed by atoms with Gasteiger partial charge >= 0.3 is 0 Å². The van der Waals surface area contributed by atoms with Crippen LogP contribution in [0.1, 0.15) is 50.4 Å². The fourth-order valence-corrected chi connectivity index (χ4v) is 3.25. The van der Waals surface area contributed by atoms with E-state index in [1.54, 1.807) is 0 Å². The lowest BCUT2D eigenvalue weighted by atomic mass is 9.85. The van der Waals surface area contributed by atoms with Crippen molar-refractivity contribution < 1.29 is 0 Å². The van der Waals surface area contributed by atoms with Gasteiger partial charge < -0.3 is 5.32 Å². The Morgan fingerprint density at radius 1 is 1.40 bits per heavy atom. The molecule has 1 aliphatic rings. The Morgan fingerprint density at radius 3 is 2.87 bits per heavy atom. The van der Waals surface area contributed by atoms with Gasteiger partial charge in [0.05, 0.1) is 0 Å². The van der Waals surface area contributed by atoms with E-state index in [9.17, 15) is 0 Å². The van der Waals surface area contributed by atoms with E-state index in [2.05, 4.69) is 36.7 Å². The molecule has 1 aromatic rings. The molecule has 1 heterocycles. The van der Waals surface area contributed by atoms with Crippen LogP contribution in [0.2, 0.25) is 0 Å². The Balaban J connectivity index is 1.90. The molecule has 0 radical (unpaired) electrons. The molecule has 0 aliphatic heterocycles. The number of rotatable bonds is 3. The quantitative estimate of drug-likeness (QED) is 0.817. The Bertz CT molecular complexity index is 281. The van der Waals surface area contributed by atoms with Gasteiger partial charge in [0.1, 0.15) is 0 Å². The highest BCUT2D eigenvalue weighted by Gasteiger charge is 2.22. The maximum absolute atomic E-state index is 3.78. The zero-order valence-electron chi connectivity index (χ0n) is 9.70. The van der Waals surface area contributed by atoms with Gasteiger partial charge in [-0.1, -0.05) is 25.8 Å². The van der Waals surface area contributed by atoms with Gasteiger partial charge in [-0.2, -0.15) is 0 Å². The molecule has 0 amide bonds. The second-order valence-electron chi connectivity index (χ2n) is 4.77. The second kappa shape index (κ2) is 5.13. The summed E-state index contributed by atoms with van der Waals surface area (Å²) in [5, 5.41) is 5.95. The summed E-state index contributed by atoms with van der Waals surface area (Å²) in [6.45, 7) is 4.67. The van der Waals surface area contributed by atoms with Crippen molar-refractivity contribution in [3.63, 3.8) is 0 Å². The maximum Gasteiger partial charge on any atom is 0.0388 e. The van der Waals surface area contributed by atoms with Crippen molar-refractivity contribution in [2.45, 2.75) is 51.6 Å². The van der Waals surface area contributed by atoms with E-state index in [0.717, 1.165) is 12.0 Å². The summed E-state index contributed by atoms with van der Waals surface area (Å²) in [5.74, 6) is 0.848. The standard InChI is InChI=1S/C13H21NS/c1-10-6-3-4-7-12(10)14-11(2)13-8-5-9-15-13/h5,8-12,14H,3-4,6-7H2,1-2H3/t10?,11-,12?/m1/s1. The molecule has 0 bridgehead atoms. The smallest absolute Gasteiger partial charge is 0.0388 e. The largest absolute Gasteiger partial charge is 0.306 e. The number of hydrogen-bond donors (Lipinski definition) is 1. The van der Waals surface area contributed by atoms with E-state index in [4.69, 9.17) is 0 Å². The third-order valence-corrected chi connectivity index (χ3v) is 4.60. The average Bonchev–Trinajstić information content (AvgIpc) is 2.74. The van der Waals surface area contributed by atoms with Crippen LogP contribution in [-0.4, -0.2) is 6.04 Å². The van der Waals surface area contributed by atoms with E-state index in [-0.39, 0.29) is 0 Å². The van der Waals surface area contributed by atoms with Crippen molar-refractivity contribution >= 4 is 11.3 Å². The number of hydrogen-bond acceptors (Lipinski definition) is 2. The predicted molar refractivity (Wildman–Crippen MR) is 67.3 cm³/mol. The molecule has 1 nitrogen and oxygen atoms in total. The van der Waals surface area contributed by atoms with Gasteiger partial charge in [0.25, 0.3) is 0 Å². The van der Waals surface area contributed by atoms with E-state index in [1.165, 1.54) is 30.6 Å². The molecule has 2 unspecified atom stereocenters. The lowest BCUT2D eigenvalue weighted by Gasteiger charge is -2.32. The number of nitrogens with one attached hydrogen (secondary N) is 1. The van der Waals surface area contributed by atoms with Gasteiger partial charge in [0.2, 0.25) is 0 Å². The van der Waals surface area contributed by atoms with Crippen molar-refractivity contribution in [2.24, 2.45) is 5.92 Å². The lowest BCUT2D eigenvalue weighted by Crippen LogP contribution is -2.38. The van der Waals surface area contributed by atoms with Crippen molar-refractivity contribution in [3.8, 4) is 0 Å². The summed E-state index contributed by atoms with van der Waals surface area (Å²) in [4.78, 5) is 1.47. The van der Waals surface area contributed by atoms with Gasteiger partial charge in [0.15, 0.2) is 0 Å². The Kier molecular flexibility index (Phi) is 3.81. The average molecular weight is 223 g/mol. The lowest BCUT2D eigenvalue weighted by molar-refractivity contribution is 0.264. The third-order valence-electron chi connectivity index (χ3n) is 3.55. The zero-order valence-corrected chi connectivity index (χ0v) is 10.5. The molecular formula is C13H21NS. The van der Waals surface area contributed by atoms with Crippen molar-refractivity contribution in [1.29, 1.82) is 0 Å². The topological polar surface area (TPSA) is 12.0 Å². The molecule has 1 aliphatic carbocycles. The van der Waals surface area contributed by atoms with Crippen LogP contribution >= 0.6 is 11.3 Å². The molecule has 2 heteroatoms. The second-order valence-corrected chi connectivity index (χ2v) is 5.75. The minimum atomic E-state index is 0.524. The van der Waals surface area contributed by atoms with E-state index < -0.39 is 0 Å². The fraction of sp³-hybridized carbons (Fsp3) is 0.692. The molecular weight excluding hydrogens is 202 g/mol. The first-order valence-electron chi connectivity index (χ1n) is 6.07. The molecule has 1 N–H and O–H groups in total. The van der Waals surface area contributed by atoms with E-state index >= 15 is 0 Å². The van der Waals surface area contributed by atoms with Crippen LogP contribution in [0, 0.1) is 5.92 Å². The Hall–Kier alpha value is -0.340. The van der Waals surface area contributed by atoms with Crippen LogP contribution in [0.25, 0.3) is 0 Å². The molecule has 3 atom stereocenters. The SMILES string of the molecule is CC1CCCCC1N[C@H](C)c1cccs1. The maximum atomic E-state index is 3.78. The van der Waals surface area contributed by atoms with Gasteiger partial charge in [-0.15, -0.1) is 11.3 Å². The predicted octanol–water partition coefficient (Wildman–Crippen LogP) is 3.98. The molecule has 2 rings (SSSR count). The van der Waals surface area contributed by atoms with Crippen LogP contribution in [0.4, 0.5) is 0 Å². The first kappa shape index (κ1) is 11.2. The molecule has 0 saturated heterocycles. The Morgan fingerprint density at radius 2 is 2.20 bits per heavy atom. The van der Waals surface area contributed by atoms with Gasteiger partial charge in [-0.05, 0) is 37.1 Å². The molecule has 1 saturated carbocycles. The van der Waals surface area contributed by atoms with Crippen molar-refractivity contribution in [2.75, 3.05) is 0 Å². The summed E-state index contributed by atoms with van der Waals surface area (Å²) in [6.07, 6.45) is 5.58. The highest BCUT2D eigenvalue weighted by molar-refractivity contribution is 7.10. The van der Waals surface area contributed by atoms with Crippen molar-refractivity contribution in [1.82, 2.24) is 5.32 Å². The highest BCUT2D eigenvalue weighted by Crippen LogP contribution is 2.27. The normalized spacial score (nSPS) is 28.9.